The van der Waals surface area contributed by atoms with E-state index in [1.165, 1.54) is 25.1 Å². The van der Waals surface area contributed by atoms with Crippen molar-refractivity contribution in [3.8, 4) is 0 Å². The number of rotatable bonds is 4. The third-order valence-corrected chi connectivity index (χ3v) is 2.07. The number of hydrogen-bond donors (Lipinski definition) is 2. The summed E-state index contributed by atoms with van der Waals surface area (Å²) >= 11 is 0. The molecule has 0 atom stereocenters. The van der Waals surface area contributed by atoms with E-state index < -0.39 is 23.3 Å². The van der Waals surface area contributed by atoms with E-state index in [2.05, 4.69) is 5.32 Å². The van der Waals surface area contributed by atoms with Gasteiger partial charge in [0, 0.05) is 5.56 Å². The van der Waals surface area contributed by atoms with Gasteiger partial charge in [-0.25, -0.2) is 0 Å². The summed E-state index contributed by atoms with van der Waals surface area (Å²) in [7, 11) is 0. The molecule has 1 aromatic carbocycles. The molecule has 1 aromatic rings. The number of para-hydroxylation sites is 1. The van der Waals surface area contributed by atoms with Crippen molar-refractivity contribution in [1.82, 2.24) is 5.32 Å². The van der Waals surface area contributed by atoms with Crippen LogP contribution in [-0.4, -0.2) is 28.5 Å². The number of carbonyl (C=O) groups excluding carboxylic acids is 1. The van der Waals surface area contributed by atoms with Crippen molar-refractivity contribution in [1.29, 1.82) is 0 Å². The minimum Gasteiger partial charge on any atom is -0.480 e. The number of nitro groups is 1. The molecule has 0 aliphatic carbocycles. The summed E-state index contributed by atoms with van der Waals surface area (Å²) in [5, 5.41) is 21.3. The van der Waals surface area contributed by atoms with Gasteiger partial charge >= 0.3 is 5.97 Å². The lowest BCUT2D eigenvalue weighted by molar-refractivity contribution is -0.385. The van der Waals surface area contributed by atoms with Gasteiger partial charge in [0.25, 0.3) is 11.6 Å². The smallest absolute Gasteiger partial charge is 0.322 e. The second kappa shape index (κ2) is 5.06. The van der Waals surface area contributed by atoms with Crippen LogP contribution in [0, 0.1) is 17.0 Å². The van der Waals surface area contributed by atoms with Gasteiger partial charge in [0.05, 0.1) is 4.92 Å². The van der Waals surface area contributed by atoms with Crippen LogP contribution in [0.3, 0.4) is 0 Å². The predicted molar refractivity (Wildman–Crippen MR) is 57.8 cm³/mol. The number of amides is 1. The first-order valence-electron chi connectivity index (χ1n) is 4.67. The molecule has 7 heteroatoms. The van der Waals surface area contributed by atoms with Crippen LogP contribution in [-0.2, 0) is 4.79 Å². The fraction of sp³-hybridized carbons (Fsp3) is 0.200. The van der Waals surface area contributed by atoms with E-state index >= 15 is 0 Å². The van der Waals surface area contributed by atoms with Crippen LogP contribution in [0.15, 0.2) is 18.2 Å². The molecule has 1 amide bonds. The third kappa shape index (κ3) is 3.00. The van der Waals surface area contributed by atoms with Gasteiger partial charge in [-0.15, -0.1) is 0 Å². The van der Waals surface area contributed by atoms with Crippen molar-refractivity contribution < 1.29 is 19.6 Å². The van der Waals surface area contributed by atoms with Crippen LogP contribution < -0.4 is 5.32 Å². The molecule has 0 fully saturated rings. The number of nitrogens with zero attached hydrogens (tertiary/aromatic N) is 1. The molecule has 0 saturated heterocycles. The second-order valence-corrected chi connectivity index (χ2v) is 3.30. The van der Waals surface area contributed by atoms with Crippen LogP contribution in [0.5, 0.6) is 0 Å². The zero-order chi connectivity index (χ0) is 13.0. The lowest BCUT2D eigenvalue weighted by atomic mass is 10.1. The first-order valence-corrected chi connectivity index (χ1v) is 4.67. The van der Waals surface area contributed by atoms with Gasteiger partial charge < -0.3 is 10.4 Å². The number of carboxylic acids is 1. The van der Waals surface area contributed by atoms with Crippen molar-refractivity contribution in [3.05, 3.63) is 39.4 Å². The maximum absolute atomic E-state index is 11.5. The Balaban J connectivity index is 3.05. The summed E-state index contributed by atoms with van der Waals surface area (Å²) in [6.07, 6.45) is 0. The molecule has 0 unspecified atom stereocenters. The molecule has 0 aromatic heterocycles. The quantitative estimate of drug-likeness (QED) is 0.593. The Hall–Kier alpha value is -2.44. The van der Waals surface area contributed by atoms with Crippen LogP contribution in [0.2, 0.25) is 0 Å². The van der Waals surface area contributed by atoms with E-state index in [4.69, 9.17) is 5.11 Å². The number of carboxylic acid groups (broad SMARTS) is 1. The fourth-order valence-electron chi connectivity index (χ4n) is 1.34. The van der Waals surface area contributed by atoms with Crippen molar-refractivity contribution in [2.75, 3.05) is 6.54 Å². The molecule has 0 radical (unpaired) electrons. The Bertz CT molecular complexity index is 484. The molecular weight excluding hydrogens is 228 g/mol. The first-order chi connectivity index (χ1) is 7.93. The number of aliphatic carboxylic acids is 1. The van der Waals surface area contributed by atoms with Gasteiger partial charge in [0.2, 0.25) is 0 Å². The molecule has 0 heterocycles. The summed E-state index contributed by atoms with van der Waals surface area (Å²) in [6, 6.07) is 4.28. The number of nitro benzene ring substituents is 1. The van der Waals surface area contributed by atoms with E-state index in [9.17, 15) is 19.7 Å². The van der Waals surface area contributed by atoms with Crippen molar-refractivity contribution in [2.24, 2.45) is 0 Å². The first kappa shape index (κ1) is 12.6. The minimum atomic E-state index is -1.21. The molecule has 1 rings (SSSR count). The van der Waals surface area contributed by atoms with Gasteiger partial charge in [0.1, 0.15) is 12.1 Å². The summed E-state index contributed by atoms with van der Waals surface area (Å²) in [5.74, 6) is -1.99. The summed E-state index contributed by atoms with van der Waals surface area (Å²) in [4.78, 5) is 32.0. The zero-order valence-electron chi connectivity index (χ0n) is 8.97. The highest BCUT2D eigenvalue weighted by atomic mass is 16.6. The summed E-state index contributed by atoms with van der Waals surface area (Å²) in [5.41, 5.74) is -0.107. The average molecular weight is 238 g/mol. The highest BCUT2D eigenvalue weighted by molar-refractivity contribution is 5.99. The predicted octanol–water partition coefficient (Wildman–Crippen LogP) is 0.718. The maximum atomic E-state index is 11.5. The SMILES string of the molecule is Cc1cccc(C(=O)NCC(=O)O)c1[N+](=O)[O-]. The highest BCUT2D eigenvalue weighted by Crippen LogP contribution is 2.22. The Morgan fingerprint density at radius 3 is 2.65 bits per heavy atom. The Morgan fingerprint density at radius 2 is 2.12 bits per heavy atom. The second-order valence-electron chi connectivity index (χ2n) is 3.30. The summed E-state index contributed by atoms with van der Waals surface area (Å²) in [6.45, 7) is 0.927. The van der Waals surface area contributed by atoms with Crippen LogP contribution in [0.4, 0.5) is 5.69 Å². The molecule has 0 aliphatic heterocycles. The molecule has 2 N–H and O–H groups in total. The van der Waals surface area contributed by atoms with Crippen LogP contribution in [0.25, 0.3) is 0 Å². The topological polar surface area (TPSA) is 110 Å². The van der Waals surface area contributed by atoms with E-state index in [1.54, 1.807) is 0 Å². The fourth-order valence-corrected chi connectivity index (χ4v) is 1.34. The molecular formula is C10H10N2O5. The standard InChI is InChI=1S/C10H10N2O5/c1-6-3-2-4-7(9(6)12(16)17)10(15)11-5-8(13)14/h2-4H,5H2,1H3,(H,11,15)(H,13,14). The van der Waals surface area contributed by atoms with E-state index in [-0.39, 0.29) is 11.3 Å². The Labute approximate surface area is 96.2 Å². The number of carbonyl (C=O) groups is 2. The van der Waals surface area contributed by atoms with Crippen molar-refractivity contribution >= 4 is 17.6 Å². The van der Waals surface area contributed by atoms with Crippen molar-refractivity contribution in [3.63, 3.8) is 0 Å². The average Bonchev–Trinajstić information content (AvgIpc) is 2.24. The Morgan fingerprint density at radius 1 is 1.47 bits per heavy atom. The lowest BCUT2D eigenvalue weighted by Crippen LogP contribution is -2.29. The maximum Gasteiger partial charge on any atom is 0.322 e. The molecule has 0 spiro atoms. The molecule has 0 aliphatic rings. The van der Waals surface area contributed by atoms with Gasteiger partial charge in [-0.05, 0) is 13.0 Å². The molecule has 0 bridgehead atoms. The highest BCUT2D eigenvalue weighted by Gasteiger charge is 2.22. The molecule has 17 heavy (non-hydrogen) atoms. The third-order valence-electron chi connectivity index (χ3n) is 2.07. The Kier molecular flexibility index (Phi) is 3.76. The van der Waals surface area contributed by atoms with Gasteiger partial charge in [-0.3, -0.25) is 19.7 Å². The largest absolute Gasteiger partial charge is 0.480 e. The number of hydrogen-bond acceptors (Lipinski definition) is 4. The van der Waals surface area contributed by atoms with E-state index in [1.807, 2.05) is 0 Å². The van der Waals surface area contributed by atoms with Gasteiger partial charge in [0.15, 0.2) is 0 Å². The lowest BCUT2D eigenvalue weighted by Gasteiger charge is -2.05. The van der Waals surface area contributed by atoms with E-state index in [0.29, 0.717) is 5.56 Å². The molecule has 0 saturated carbocycles. The van der Waals surface area contributed by atoms with Gasteiger partial charge in [-0.1, -0.05) is 12.1 Å². The molecule has 90 valence electrons. The monoisotopic (exact) mass is 238 g/mol. The molecule has 7 nitrogen and oxygen atoms in total. The number of aryl methyl sites for hydroxylation is 1. The van der Waals surface area contributed by atoms with Gasteiger partial charge in [-0.2, -0.15) is 0 Å². The normalized spacial score (nSPS) is 9.71. The number of nitrogens with one attached hydrogen (secondary N) is 1. The van der Waals surface area contributed by atoms with Crippen molar-refractivity contribution in [2.45, 2.75) is 6.92 Å². The van der Waals surface area contributed by atoms with Crippen LogP contribution in [0.1, 0.15) is 15.9 Å². The van der Waals surface area contributed by atoms with Crippen LogP contribution >= 0.6 is 0 Å². The summed E-state index contributed by atoms with van der Waals surface area (Å²) < 4.78 is 0. The number of benzene rings is 1. The zero-order valence-corrected chi connectivity index (χ0v) is 8.97. The minimum absolute atomic E-state index is 0.142. The van der Waals surface area contributed by atoms with E-state index in [0.717, 1.165) is 0 Å².